The van der Waals surface area contributed by atoms with E-state index in [0.29, 0.717) is 11.1 Å². The highest BCUT2D eigenvalue weighted by Crippen LogP contribution is 2.39. The number of aliphatic hydroxyl groups excluding tert-OH is 2. The predicted molar refractivity (Wildman–Crippen MR) is 88.9 cm³/mol. The lowest BCUT2D eigenvalue weighted by Crippen LogP contribution is -2.51. The zero-order valence-corrected chi connectivity index (χ0v) is 14.3. The Morgan fingerprint density at radius 1 is 1.56 bits per heavy atom. The smallest absolute Gasteiger partial charge is 0.311 e. The van der Waals surface area contributed by atoms with Crippen LogP contribution >= 0.6 is 11.3 Å². The summed E-state index contributed by atoms with van der Waals surface area (Å²) in [5, 5.41) is 30.8. The first-order valence-corrected chi connectivity index (χ1v) is 8.68. The van der Waals surface area contributed by atoms with Gasteiger partial charge < -0.3 is 30.5 Å². The lowest BCUT2D eigenvalue weighted by Gasteiger charge is -2.30. The van der Waals surface area contributed by atoms with E-state index < -0.39 is 35.7 Å². The molecule has 0 saturated carbocycles. The zero-order valence-electron chi connectivity index (χ0n) is 13.5. The minimum Gasteiger partial charge on any atom is -0.393 e. The average molecular weight is 372 g/mol. The molecular formula is C14H20N4O6S. The molecule has 0 unspecified atom stereocenters. The van der Waals surface area contributed by atoms with E-state index in [1.807, 2.05) is 6.92 Å². The van der Waals surface area contributed by atoms with Gasteiger partial charge in [-0.3, -0.25) is 9.36 Å². The fraction of sp³-hybridized carbons (Fsp3) is 0.643. The van der Waals surface area contributed by atoms with Gasteiger partial charge in [-0.25, -0.2) is 4.98 Å². The summed E-state index contributed by atoms with van der Waals surface area (Å²) in [5.74, 6) is -2.18. The van der Waals surface area contributed by atoms with Crippen molar-refractivity contribution in [3.05, 3.63) is 15.9 Å². The monoisotopic (exact) mass is 372 g/mol. The normalized spacial score (nSPS) is 29.5. The van der Waals surface area contributed by atoms with Crippen molar-refractivity contribution in [1.29, 1.82) is 0 Å². The van der Waals surface area contributed by atoms with Gasteiger partial charge in [0.2, 0.25) is 11.7 Å². The molecular weight excluding hydrogens is 352 g/mol. The molecule has 5 N–H and O–H groups in total. The first-order valence-electron chi connectivity index (χ1n) is 7.86. The van der Waals surface area contributed by atoms with Crippen molar-refractivity contribution < 1.29 is 24.8 Å². The number of anilines is 1. The van der Waals surface area contributed by atoms with E-state index in [9.17, 15) is 20.1 Å². The Morgan fingerprint density at radius 3 is 3.00 bits per heavy atom. The van der Waals surface area contributed by atoms with Crippen molar-refractivity contribution >= 4 is 27.6 Å². The van der Waals surface area contributed by atoms with Gasteiger partial charge in [-0.2, -0.15) is 4.98 Å². The lowest BCUT2D eigenvalue weighted by atomic mass is 10.1. The van der Waals surface area contributed by atoms with Crippen LogP contribution in [0, 0.1) is 0 Å². The summed E-state index contributed by atoms with van der Waals surface area (Å²) in [4.78, 5) is 19.7. The Hall–Kier alpha value is -1.63. The van der Waals surface area contributed by atoms with Gasteiger partial charge in [0.15, 0.2) is 18.0 Å². The largest absolute Gasteiger partial charge is 0.393 e. The number of nitrogens with two attached hydrogens (primary N) is 1. The molecule has 2 aromatic heterocycles. The molecule has 0 aromatic carbocycles. The first kappa shape index (κ1) is 18.2. The van der Waals surface area contributed by atoms with Gasteiger partial charge in [0, 0.05) is 0 Å². The second-order valence-corrected chi connectivity index (χ2v) is 6.74. The highest BCUT2D eigenvalue weighted by Gasteiger charge is 2.57. The first-order chi connectivity index (χ1) is 11.9. The van der Waals surface area contributed by atoms with Crippen LogP contribution in [0.15, 0.2) is 11.0 Å². The van der Waals surface area contributed by atoms with Crippen LogP contribution in [0.1, 0.15) is 26.0 Å². The van der Waals surface area contributed by atoms with E-state index in [-0.39, 0.29) is 18.2 Å². The van der Waals surface area contributed by atoms with E-state index in [4.69, 9.17) is 15.2 Å². The number of fused-ring (bicyclic) bond motifs is 1. The van der Waals surface area contributed by atoms with E-state index >= 15 is 0 Å². The molecule has 2 aromatic rings. The minimum atomic E-state index is -2.14. The van der Waals surface area contributed by atoms with Gasteiger partial charge in [0.25, 0.3) is 0 Å². The van der Waals surface area contributed by atoms with Crippen LogP contribution in [0.4, 0.5) is 5.95 Å². The number of nitrogens with zero attached hydrogens (tertiary/aromatic N) is 3. The number of ether oxygens (including phenoxy) is 2. The predicted octanol–water partition coefficient (Wildman–Crippen LogP) is -0.809. The van der Waals surface area contributed by atoms with Gasteiger partial charge in [-0.05, 0) is 6.42 Å². The Kier molecular flexibility index (Phi) is 5.04. The van der Waals surface area contributed by atoms with Crippen LogP contribution < -0.4 is 10.6 Å². The molecule has 0 radical (unpaired) electrons. The molecule has 1 aliphatic heterocycles. The fourth-order valence-corrected chi connectivity index (χ4v) is 3.56. The average Bonchev–Trinajstić information content (AvgIpc) is 3.02. The summed E-state index contributed by atoms with van der Waals surface area (Å²) in [5.41, 5.74) is 5.75. The number of hydrogen-bond donors (Lipinski definition) is 4. The Balaban J connectivity index is 2.00. The zero-order chi connectivity index (χ0) is 18.2. The van der Waals surface area contributed by atoms with Crippen molar-refractivity contribution in [2.75, 3.05) is 18.9 Å². The standard InChI is InChI=1S/C14H20N4O6S/c1-2-3-4-23-14(22)8(6-19)24-11(9(14)20)18-10-7(25-13(18)21)5-16-12(15)17-10/h5,8-9,11,19-20,22H,2-4,6H2,1H3,(H2,15,16,17)/t8-,9+,11+,14-/m1/s1. The molecule has 0 spiro atoms. The highest BCUT2D eigenvalue weighted by molar-refractivity contribution is 7.16. The highest BCUT2D eigenvalue weighted by atomic mass is 32.1. The molecule has 0 bridgehead atoms. The van der Waals surface area contributed by atoms with Crippen LogP contribution in [-0.4, -0.2) is 61.1 Å². The van der Waals surface area contributed by atoms with Gasteiger partial charge in [0.05, 0.1) is 24.1 Å². The summed E-state index contributed by atoms with van der Waals surface area (Å²) in [7, 11) is 0. The molecule has 11 heteroatoms. The molecule has 10 nitrogen and oxygen atoms in total. The SMILES string of the molecule is CCCCO[C@]1(O)[C@@H](CO)O[C@H](n2c(=O)sc3cnc(N)nc32)[C@@H]1O. The van der Waals surface area contributed by atoms with Gasteiger partial charge in [0.1, 0.15) is 6.10 Å². The molecule has 3 rings (SSSR count). The van der Waals surface area contributed by atoms with E-state index in [2.05, 4.69) is 9.97 Å². The number of hydrogen-bond acceptors (Lipinski definition) is 10. The summed E-state index contributed by atoms with van der Waals surface area (Å²) in [6, 6.07) is 0. The Bertz CT molecular complexity index is 810. The second-order valence-electron chi connectivity index (χ2n) is 5.75. The number of nitrogen functional groups attached to an aromatic ring is 1. The van der Waals surface area contributed by atoms with Crippen molar-refractivity contribution in [2.45, 2.75) is 44.0 Å². The van der Waals surface area contributed by atoms with Gasteiger partial charge >= 0.3 is 4.87 Å². The molecule has 1 aliphatic rings. The number of rotatable bonds is 6. The fourth-order valence-electron chi connectivity index (χ4n) is 2.74. The molecule has 25 heavy (non-hydrogen) atoms. The number of aliphatic hydroxyl groups is 3. The Labute approximate surface area is 146 Å². The number of aromatic nitrogens is 3. The molecule has 1 saturated heterocycles. The molecule has 4 atom stereocenters. The van der Waals surface area contributed by atoms with E-state index in [1.165, 1.54) is 6.20 Å². The maximum atomic E-state index is 12.3. The van der Waals surface area contributed by atoms with Crippen molar-refractivity contribution in [1.82, 2.24) is 14.5 Å². The minimum absolute atomic E-state index is 0.0419. The quantitative estimate of drug-likeness (QED) is 0.376. The molecule has 0 amide bonds. The third-order valence-electron chi connectivity index (χ3n) is 4.09. The Morgan fingerprint density at radius 2 is 2.32 bits per heavy atom. The van der Waals surface area contributed by atoms with Gasteiger partial charge in [-0.15, -0.1) is 0 Å². The van der Waals surface area contributed by atoms with Crippen LogP contribution in [0.2, 0.25) is 0 Å². The molecule has 3 heterocycles. The van der Waals surface area contributed by atoms with Crippen LogP contribution in [0.5, 0.6) is 0 Å². The van der Waals surface area contributed by atoms with E-state index in [1.54, 1.807) is 0 Å². The lowest BCUT2D eigenvalue weighted by molar-refractivity contribution is -0.266. The van der Waals surface area contributed by atoms with Crippen LogP contribution in [0.3, 0.4) is 0 Å². The summed E-state index contributed by atoms with van der Waals surface area (Å²) in [6.45, 7) is 1.53. The van der Waals surface area contributed by atoms with Crippen LogP contribution in [-0.2, 0) is 9.47 Å². The van der Waals surface area contributed by atoms with Crippen molar-refractivity contribution in [3.63, 3.8) is 0 Å². The number of unbranched alkanes of at least 4 members (excludes halogenated alkanes) is 1. The summed E-state index contributed by atoms with van der Waals surface area (Å²) >= 11 is 0.858. The van der Waals surface area contributed by atoms with Crippen molar-refractivity contribution in [3.8, 4) is 0 Å². The third kappa shape index (κ3) is 3.03. The van der Waals surface area contributed by atoms with Crippen molar-refractivity contribution in [2.24, 2.45) is 0 Å². The molecule has 0 aliphatic carbocycles. The maximum Gasteiger partial charge on any atom is 0.311 e. The van der Waals surface area contributed by atoms with E-state index in [0.717, 1.165) is 22.3 Å². The number of thiazole rings is 1. The molecule has 138 valence electrons. The third-order valence-corrected chi connectivity index (χ3v) is 4.97. The summed E-state index contributed by atoms with van der Waals surface area (Å²) < 4.78 is 12.5. The molecule has 1 fully saturated rings. The maximum absolute atomic E-state index is 12.3. The van der Waals surface area contributed by atoms with Crippen LogP contribution in [0.25, 0.3) is 10.3 Å². The topological polar surface area (TPSA) is 153 Å². The summed E-state index contributed by atoms with van der Waals surface area (Å²) in [6.07, 6.45) is -1.22. The second kappa shape index (κ2) is 6.94. The van der Waals surface area contributed by atoms with Gasteiger partial charge in [-0.1, -0.05) is 24.7 Å².